The van der Waals surface area contributed by atoms with Crippen molar-refractivity contribution in [3.8, 4) is 0 Å². The largest absolute Gasteiger partial charge is 0.455 e. The van der Waals surface area contributed by atoms with E-state index in [4.69, 9.17) is 4.42 Å². The Morgan fingerprint density at radius 3 is 2.70 bits per heavy atom. The molecule has 1 heterocycles. The van der Waals surface area contributed by atoms with Gasteiger partial charge in [-0.2, -0.15) is 0 Å². The third-order valence-electron chi connectivity index (χ3n) is 3.92. The number of hydrogen-bond acceptors (Lipinski definition) is 4. The lowest BCUT2D eigenvalue weighted by Gasteiger charge is -2.31. The summed E-state index contributed by atoms with van der Waals surface area (Å²) in [5.74, 6) is 1.42. The number of amides is 1. The van der Waals surface area contributed by atoms with Crippen LogP contribution in [0.4, 0.5) is 0 Å². The molecule has 5 heteroatoms. The minimum atomic E-state index is -0.179. The Morgan fingerprint density at radius 1 is 1.40 bits per heavy atom. The lowest BCUT2D eigenvalue weighted by molar-refractivity contribution is 0.0417. The van der Waals surface area contributed by atoms with Gasteiger partial charge in [-0.1, -0.05) is 13.8 Å². The molecule has 1 saturated carbocycles. The molecule has 1 fully saturated rings. The van der Waals surface area contributed by atoms with Crippen LogP contribution in [0, 0.1) is 5.92 Å². The van der Waals surface area contributed by atoms with Crippen LogP contribution in [-0.2, 0) is 6.54 Å². The van der Waals surface area contributed by atoms with E-state index in [2.05, 4.69) is 24.1 Å². The van der Waals surface area contributed by atoms with E-state index in [0.717, 1.165) is 38.2 Å². The zero-order valence-corrected chi connectivity index (χ0v) is 12.3. The van der Waals surface area contributed by atoms with E-state index >= 15 is 0 Å². The summed E-state index contributed by atoms with van der Waals surface area (Å²) in [5, 5.41) is 12.1. The van der Waals surface area contributed by atoms with E-state index in [-0.39, 0.29) is 12.0 Å². The van der Waals surface area contributed by atoms with Crippen molar-refractivity contribution in [1.29, 1.82) is 0 Å². The fraction of sp³-hybridized carbons (Fsp3) is 0.667. The number of rotatable bonds is 7. The maximum absolute atomic E-state index is 11.9. The monoisotopic (exact) mass is 280 g/mol. The molecular formula is C15H24N2O3. The Labute approximate surface area is 119 Å². The van der Waals surface area contributed by atoms with Crippen LogP contribution >= 0.6 is 0 Å². The summed E-state index contributed by atoms with van der Waals surface area (Å²) in [7, 11) is 0. The third-order valence-corrected chi connectivity index (χ3v) is 3.92. The van der Waals surface area contributed by atoms with E-state index in [1.807, 2.05) is 6.07 Å². The number of carbonyl (C=O) groups is 1. The summed E-state index contributed by atoms with van der Waals surface area (Å²) in [6.07, 6.45) is 1.39. The van der Waals surface area contributed by atoms with Gasteiger partial charge in [0.1, 0.15) is 5.76 Å². The van der Waals surface area contributed by atoms with E-state index in [9.17, 15) is 9.90 Å². The van der Waals surface area contributed by atoms with Crippen LogP contribution in [0.25, 0.3) is 0 Å². The first kappa shape index (κ1) is 15.1. The molecule has 0 aromatic carbocycles. The van der Waals surface area contributed by atoms with Crippen LogP contribution in [0.2, 0.25) is 0 Å². The van der Waals surface area contributed by atoms with Crippen molar-refractivity contribution in [2.75, 3.05) is 19.6 Å². The van der Waals surface area contributed by atoms with Crippen molar-refractivity contribution in [2.24, 2.45) is 5.92 Å². The van der Waals surface area contributed by atoms with E-state index in [1.165, 1.54) is 0 Å². The zero-order chi connectivity index (χ0) is 14.5. The van der Waals surface area contributed by atoms with Gasteiger partial charge in [0, 0.05) is 6.54 Å². The van der Waals surface area contributed by atoms with Gasteiger partial charge in [0.15, 0.2) is 5.76 Å². The zero-order valence-electron chi connectivity index (χ0n) is 12.3. The lowest BCUT2D eigenvalue weighted by Crippen LogP contribution is -2.38. The average Bonchev–Trinajstić information content (AvgIpc) is 2.88. The molecule has 0 aliphatic heterocycles. The SMILES string of the molecule is CCN(CC)Cc1ccc(C(=O)NCC2CC(O)C2)o1. The Kier molecular flexibility index (Phi) is 5.20. The van der Waals surface area contributed by atoms with E-state index < -0.39 is 0 Å². The second-order valence-electron chi connectivity index (χ2n) is 5.43. The summed E-state index contributed by atoms with van der Waals surface area (Å²) in [5.41, 5.74) is 0. The van der Waals surface area contributed by atoms with Gasteiger partial charge in [0.05, 0.1) is 12.6 Å². The molecule has 0 atom stereocenters. The molecule has 0 spiro atoms. The van der Waals surface area contributed by atoms with Gasteiger partial charge in [0.25, 0.3) is 5.91 Å². The van der Waals surface area contributed by atoms with Gasteiger partial charge >= 0.3 is 0 Å². The summed E-state index contributed by atoms with van der Waals surface area (Å²) in [6.45, 7) is 7.47. The first-order chi connectivity index (χ1) is 9.62. The first-order valence-corrected chi connectivity index (χ1v) is 7.39. The van der Waals surface area contributed by atoms with Crippen LogP contribution in [0.3, 0.4) is 0 Å². The second kappa shape index (κ2) is 6.90. The molecule has 1 aliphatic rings. The Balaban J connectivity index is 1.80. The highest BCUT2D eigenvalue weighted by Crippen LogP contribution is 2.26. The average molecular weight is 280 g/mol. The molecule has 0 unspecified atom stereocenters. The maximum atomic E-state index is 11.9. The van der Waals surface area contributed by atoms with Crippen molar-refractivity contribution in [3.63, 3.8) is 0 Å². The molecule has 1 aromatic heterocycles. The van der Waals surface area contributed by atoms with Crippen molar-refractivity contribution >= 4 is 5.91 Å². The highest BCUT2D eigenvalue weighted by Gasteiger charge is 2.27. The van der Waals surface area contributed by atoms with Crippen LogP contribution < -0.4 is 5.32 Å². The molecule has 5 nitrogen and oxygen atoms in total. The van der Waals surface area contributed by atoms with Crippen LogP contribution in [0.1, 0.15) is 43.0 Å². The number of furan rings is 1. The molecule has 0 saturated heterocycles. The normalized spacial score (nSPS) is 21.8. The minimum absolute atomic E-state index is 0.169. The Bertz CT molecular complexity index is 434. The molecule has 2 N–H and O–H groups in total. The quantitative estimate of drug-likeness (QED) is 0.796. The molecule has 1 amide bonds. The van der Waals surface area contributed by atoms with Crippen LogP contribution in [0.5, 0.6) is 0 Å². The highest BCUT2D eigenvalue weighted by molar-refractivity contribution is 5.91. The number of hydrogen-bond donors (Lipinski definition) is 2. The Morgan fingerprint density at radius 2 is 2.10 bits per heavy atom. The van der Waals surface area contributed by atoms with Gasteiger partial charge in [0.2, 0.25) is 0 Å². The van der Waals surface area contributed by atoms with Crippen molar-refractivity contribution in [3.05, 3.63) is 23.7 Å². The summed E-state index contributed by atoms with van der Waals surface area (Å²) < 4.78 is 5.58. The number of aliphatic hydroxyl groups excluding tert-OH is 1. The predicted octanol–water partition coefficient (Wildman–Crippen LogP) is 1.62. The second-order valence-corrected chi connectivity index (χ2v) is 5.43. The van der Waals surface area contributed by atoms with E-state index in [1.54, 1.807) is 6.07 Å². The molecule has 0 radical (unpaired) electrons. The molecule has 20 heavy (non-hydrogen) atoms. The molecule has 2 rings (SSSR count). The molecule has 112 valence electrons. The lowest BCUT2D eigenvalue weighted by atomic mass is 9.82. The topological polar surface area (TPSA) is 65.7 Å². The molecular weight excluding hydrogens is 256 g/mol. The fourth-order valence-corrected chi connectivity index (χ4v) is 2.44. The summed E-state index contributed by atoms with van der Waals surface area (Å²) in [4.78, 5) is 14.2. The number of nitrogens with zero attached hydrogens (tertiary/aromatic N) is 1. The molecule has 1 aromatic rings. The van der Waals surface area contributed by atoms with Gasteiger partial charge in [-0.3, -0.25) is 9.69 Å². The van der Waals surface area contributed by atoms with Crippen molar-refractivity contribution < 1.29 is 14.3 Å². The van der Waals surface area contributed by atoms with E-state index in [0.29, 0.717) is 18.2 Å². The fourth-order valence-electron chi connectivity index (χ4n) is 2.44. The highest BCUT2D eigenvalue weighted by atomic mass is 16.4. The van der Waals surface area contributed by atoms with Crippen molar-refractivity contribution in [1.82, 2.24) is 10.2 Å². The predicted molar refractivity (Wildman–Crippen MR) is 76.4 cm³/mol. The minimum Gasteiger partial charge on any atom is -0.455 e. The smallest absolute Gasteiger partial charge is 0.287 e. The van der Waals surface area contributed by atoms with Gasteiger partial charge < -0.3 is 14.8 Å². The maximum Gasteiger partial charge on any atom is 0.287 e. The molecule has 1 aliphatic carbocycles. The summed E-state index contributed by atoms with van der Waals surface area (Å²) >= 11 is 0. The number of nitrogens with one attached hydrogen (secondary N) is 1. The molecule has 0 bridgehead atoms. The van der Waals surface area contributed by atoms with Crippen LogP contribution in [-0.4, -0.2) is 41.7 Å². The number of aliphatic hydroxyl groups is 1. The summed E-state index contributed by atoms with van der Waals surface area (Å²) in [6, 6.07) is 3.59. The Hall–Kier alpha value is -1.33. The number of carbonyl (C=O) groups excluding carboxylic acids is 1. The van der Waals surface area contributed by atoms with Gasteiger partial charge in [-0.15, -0.1) is 0 Å². The van der Waals surface area contributed by atoms with Crippen LogP contribution in [0.15, 0.2) is 16.5 Å². The van der Waals surface area contributed by atoms with Gasteiger partial charge in [-0.05, 0) is 44.0 Å². The first-order valence-electron chi connectivity index (χ1n) is 7.39. The standard InChI is InChI=1S/C15H24N2O3/c1-3-17(4-2)10-13-5-6-14(20-13)15(19)16-9-11-7-12(18)8-11/h5-6,11-12,18H,3-4,7-10H2,1-2H3,(H,16,19). The van der Waals surface area contributed by atoms with Crippen molar-refractivity contribution in [2.45, 2.75) is 39.3 Å². The third kappa shape index (κ3) is 3.84. The van der Waals surface area contributed by atoms with Gasteiger partial charge in [-0.25, -0.2) is 0 Å².